The van der Waals surface area contributed by atoms with Gasteiger partial charge in [-0.05, 0) is 18.2 Å². The standard InChI is InChI=1S/C9H10FN3O3/c1-16-9(14)12-7-3-2-5(10)4-6(7)8(11)13-15/h2-4,15H,1H3,(H2,11,13)(H,12,14). The lowest BCUT2D eigenvalue weighted by Gasteiger charge is -2.08. The third kappa shape index (κ3) is 2.59. The van der Waals surface area contributed by atoms with E-state index in [2.05, 4.69) is 15.2 Å². The molecule has 0 aliphatic heterocycles. The summed E-state index contributed by atoms with van der Waals surface area (Å²) in [5.41, 5.74) is 5.57. The summed E-state index contributed by atoms with van der Waals surface area (Å²) in [5, 5.41) is 13.5. The van der Waals surface area contributed by atoms with Crippen molar-refractivity contribution in [3.63, 3.8) is 0 Å². The summed E-state index contributed by atoms with van der Waals surface area (Å²) in [6.45, 7) is 0. The molecule has 6 nitrogen and oxygen atoms in total. The summed E-state index contributed by atoms with van der Waals surface area (Å²) in [6, 6.07) is 3.43. The van der Waals surface area contributed by atoms with Gasteiger partial charge in [0, 0.05) is 5.56 Å². The van der Waals surface area contributed by atoms with Gasteiger partial charge in [0.05, 0.1) is 12.8 Å². The minimum atomic E-state index is -0.737. The van der Waals surface area contributed by atoms with E-state index in [1.807, 2.05) is 0 Å². The number of nitrogens with one attached hydrogen (secondary N) is 1. The van der Waals surface area contributed by atoms with E-state index in [1.165, 1.54) is 13.2 Å². The number of hydrogen-bond acceptors (Lipinski definition) is 4. The zero-order valence-electron chi connectivity index (χ0n) is 8.40. The van der Waals surface area contributed by atoms with Crippen LogP contribution in [0.5, 0.6) is 0 Å². The molecule has 0 heterocycles. The fourth-order valence-corrected chi connectivity index (χ4v) is 1.05. The minimum Gasteiger partial charge on any atom is -0.453 e. The summed E-state index contributed by atoms with van der Waals surface area (Å²) in [4.78, 5) is 11.0. The highest BCUT2D eigenvalue weighted by molar-refractivity contribution is 6.04. The Hall–Kier alpha value is -2.31. The van der Waals surface area contributed by atoms with E-state index in [0.717, 1.165) is 12.1 Å². The van der Waals surface area contributed by atoms with Crippen molar-refractivity contribution in [1.82, 2.24) is 0 Å². The van der Waals surface area contributed by atoms with Gasteiger partial charge in [-0.3, -0.25) is 5.32 Å². The van der Waals surface area contributed by atoms with Crippen molar-refractivity contribution in [1.29, 1.82) is 0 Å². The fraction of sp³-hybridized carbons (Fsp3) is 0.111. The molecule has 0 radical (unpaired) electrons. The highest BCUT2D eigenvalue weighted by Crippen LogP contribution is 2.17. The van der Waals surface area contributed by atoms with E-state index in [-0.39, 0.29) is 17.1 Å². The van der Waals surface area contributed by atoms with Crippen molar-refractivity contribution in [2.45, 2.75) is 0 Å². The van der Waals surface area contributed by atoms with Crippen LogP contribution in [-0.2, 0) is 4.74 Å². The number of carbonyl (C=O) groups is 1. The van der Waals surface area contributed by atoms with E-state index < -0.39 is 11.9 Å². The van der Waals surface area contributed by atoms with E-state index in [1.54, 1.807) is 0 Å². The highest BCUT2D eigenvalue weighted by Gasteiger charge is 2.11. The first-order valence-electron chi connectivity index (χ1n) is 4.21. The maximum Gasteiger partial charge on any atom is 0.411 e. The van der Waals surface area contributed by atoms with Crippen LogP contribution < -0.4 is 11.1 Å². The molecule has 0 unspecified atom stereocenters. The fourth-order valence-electron chi connectivity index (χ4n) is 1.05. The first-order chi connectivity index (χ1) is 7.58. The Morgan fingerprint density at radius 2 is 2.31 bits per heavy atom. The number of rotatable bonds is 2. The van der Waals surface area contributed by atoms with Crippen LogP contribution in [0.3, 0.4) is 0 Å². The Bertz CT molecular complexity index is 434. The molecule has 1 aromatic carbocycles. The number of benzene rings is 1. The number of methoxy groups -OCH3 is 1. The molecule has 0 aliphatic carbocycles. The van der Waals surface area contributed by atoms with Crippen molar-refractivity contribution in [3.8, 4) is 0 Å². The molecular formula is C9H10FN3O3. The molecule has 1 aromatic rings. The van der Waals surface area contributed by atoms with Crippen molar-refractivity contribution >= 4 is 17.6 Å². The molecular weight excluding hydrogens is 217 g/mol. The average molecular weight is 227 g/mol. The molecule has 7 heteroatoms. The lowest BCUT2D eigenvalue weighted by atomic mass is 10.1. The zero-order valence-corrected chi connectivity index (χ0v) is 8.40. The van der Waals surface area contributed by atoms with Crippen molar-refractivity contribution in [2.24, 2.45) is 10.9 Å². The van der Waals surface area contributed by atoms with Gasteiger partial charge in [-0.25, -0.2) is 9.18 Å². The number of amidine groups is 1. The second kappa shape index (κ2) is 4.96. The zero-order chi connectivity index (χ0) is 12.1. The molecule has 0 fully saturated rings. The molecule has 0 spiro atoms. The Kier molecular flexibility index (Phi) is 3.65. The lowest BCUT2D eigenvalue weighted by Crippen LogP contribution is -2.19. The van der Waals surface area contributed by atoms with Gasteiger partial charge in [0.25, 0.3) is 0 Å². The second-order valence-electron chi connectivity index (χ2n) is 2.79. The van der Waals surface area contributed by atoms with Gasteiger partial charge in [-0.2, -0.15) is 0 Å². The number of anilines is 1. The van der Waals surface area contributed by atoms with Crippen LogP contribution in [-0.4, -0.2) is 24.2 Å². The van der Waals surface area contributed by atoms with Gasteiger partial charge in [0.1, 0.15) is 5.82 Å². The summed E-state index contributed by atoms with van der Waals surface area (Å²) in [5.74, 6) is -0.886. The van der Waals surface area contributed by atoms with Gasteiger partial charge in [0.2, 0.25) is 0 Å². The van der Waals surface area contributed by atoms with Crippen molar-refractivity contribution < 1.29 is 19.1 Å². The normalized spacial score (nSPS) is 11.0. The number of oxime groups is 1. The average Bonchev–Trinajstić information content (AvgIpc) is 2.30. The Labute approximate surface area is 90.5 Å². The quantitative estimate of drug-likeness (QED) is 0.305. The number of nitrogens with zero attached hydrogens (tertiary/aromatic N) is 1. The third-order valence-corrected chi connectivity index (χ3v) is 1.79. The van der Waals surface area contributed by atoms with E-state index >= 15 is 0 Å². The van der Waals surface area contributed by atoms with Crippen LogP contribution >= 0.6 is 0 Å². The molecule has 4 N–H and O–H groups in total. The number of hydrogen-bond donors (Lipinski definition) is 3. The number of halogens is 1. The van der Waals surface area contributed by atoms with E-state index in [0.29, 0.717) is 0 Å². The molecule has 16 heavy (non-hydrogen) atoms. The Balaban J connectivity index is 3.12. The van der Waals surface area contributed by atoms with Crippen LogP contribution in [0.1, 0.15) is 5.56 Å². The molecule has 1 rings (SSSR count). The maximum atomic E-state index is 12.9. The second-order valence-corrected chi connectivity index (χ2v) is 2.79. The number of nitrogens with two attached hydrogens (primary N) is 1. The van der Waals surface area contributed by atoms with Gasteiger partial charge < -0.3 is 15.7 Å². The summed E-state index contributed by atoms with van der Waals surface area (Å²) in [7, 11) is 1.18. The summed E-state index contributed by atoms with van der Waals surface area (Å²) < 4.78 is 17.3. The predicted molar refractivity (Wildman–Crippen MR) is 54.9 cm³/mol. The lowest BCUT2D eigenvalue weighted by molar-refractivity contribution is 0.187. The molecule has 0 saturated carbocycles. The smallest absolute Gasteiger partial charge is 0.411 e. The molecule has 0 atom stereocenters. The van der Waals surface area contributed by atoms with Gasteiger partial charge in [0.15, 0.2) is 5.84 Å². The molecule has 0 aliphatic rings. The van der Waals surface area contributed by atoms with Crippen LogP contribution in [0.15, 0.2) is 23.4 Å². The van der Waals surface area contributed by atoms with Crippen LogP contribution in [0.2, 0.25) is 0 Å². The minimum absolute atomic E-state index is 0.0629. The Morgan fingerprint density at radius 1 is 1.62 bits per heavy atom. The SMILES string of the molecule is COC(=O)Nc1ccc(F)cc1/C(N)=N/O. The topological polar surface area (TPSA) is 96.9 Å². The van der Waals surface area contributed by atoms with E-state index in [9.17, 15) is 9.18 Å². The predicted octanol–water partition coefficient (Wildman–Crippen LogP) is 1.10. The van der Waals surface area contributed by atoms with E-state index in [4.69, 9.17) is 10.9 Å². The van der Waals surface area contributed by atoms with Gasteiger partial charge in [-0.1, -0.05) is 5.16 Å². The van der Waals surface area contributed by atoms with Crippen molar-refractivity contribution in [3.05, 3.63) is 29.6 Å². The highest BCUT2D eigenvalue weighted by atomic mass is 19.1. The maximum absolute atomic E-state index is 12.9. The molecule has 0 saturated heterocycles. The Morgan fingerprint density at radius 3 is 2.88 bits per heavy atom. The molecule has 0 aromatic heterocycles. The summed E-state index contributed by atoms with van der Waals surface area (Å²) >= 11 is 0. The number of carbonyl (C=O) groups excluding carboxylic acids is 1. The van der Waals surface area contributed by atoms with Gasteiger partial charge >= 0.3 is 6.09 Å². The van der Waals surface area contributed by atoms with Crippen LogP contribution in [0.4, 0.5) is 14.9 Å². The van der Waals surface area contributed by atoms with Crippen LogP contribution in [0, 0.1) is 5.82 Å². The molecule has 86 valence electrons. The first-order valence-corrected chi connectivity index (χ1v) is 4.21. The monoisotopic (exact) mass is 227 g/mol. The third-order valence-electron chi connectivity index (χ3n) is 1.79. The number of ether oxygens (including phenoxy) is 1. The van der Waals surface area contributed by atoms with Gasteiger partial charge in [-0.15, -0.1) is 0 Å². The number of amides is 1. The first kappa shape index (κ1) is 11.8. The largest absolute Gasteiger partial charge is 0.453 e. The molecule has 1 amide bonds. The summed E-state index contributed by atoms with van der Waals surface area (Å²) in [6.07, 6.45) is -0.737. The van der Waals surface area contributed by atoms with Crippen molar-refractivity contribution in [2.75, 3.05) is 12.4 Å². The van der Waals surface area contributed by atoms with Crippen LogP contribution in [0.25, 0.3) is 0 Å². The molecule has 0 bridgehead atoms.